The van der Waals surface area contributed by atoms with E-state index in [0.717, 1.165) is 49.7 Å². The van der Waals surface area contributed by atoms with E-state index >= 15 is 0 Å². The summed E-state index contributed by atoms with van der Waals surface area (Å²) in [5, 5.41) is 2.26. The number of fused-ring (bicyclic) bond motifs is 6. The number of aromatic nitrogens is 2. The molecule has 0 aliphatic rings. The zero-order valence-electron chi connectivity index (χ0n) is 33.8. The van der Waals surface area contributed by atoms with Crippen LogP contribution in [0.1, 0.15) is 9.60 Å². The predicted molar refractivity (Wildman–Crippen MR) is 211 cm³/mol. The topological polar surface area (TPSA) is 9.86 Å². The quantitative estimate of drug-likeness (QED) is 0.177. The van der Waals surface area contributed by atoms with E-state index in [-0.39, 0.29) is 57.6 Å². The lowest BCUT2D eigenvalue weighted by molar-refractivity contribution is 1.18. The summed E-state index contributed by atoms with van der Waals surface area (Å²) >= 11 is 0. The molecule has 0 amide bonds. The van der Waals surface area contributed by atoms with Gasteiger partial charge in [0.15, 0.2) is 0 Å². The van der Waals surface area contributed by atoms with Gasteiger partial charge in [-0.05, 0) is 88.4 Å². The molecule has 0 aliphatic heterocycles. The molecule has 0 aliphatic carbocycles. The van der Waals surface area contributed by atoms with E-state index in [1.807, 2.05) is 72.8 Å². The van der Waals surface area contributed by atoms with E-state index in [1.165, 1.54) is 0 Å². The smallest absolute Gasteiger partial charge is 0.0645 e. The fraction of sp³-hybridized carbons (Fsp3) is 0. The van der Waals surface area contributed by atoms with Crippen LogP contribution in [-0.4, -0.2) is 9.13 Å². The molecule has 0 N–H and O–H groups in total. The highest BCUT2D eigenvalue weighted by Crippen LogP contribution is 2.41. The first-order valence-electron chi connectivity index (χ1n) is 20.1. The lowest BCUT2D eigenvalue weighted by Gasteiger charge is -2.12. The average molecular weight is 644 g/mol. The van der Waals surface area contributed by atoms with Crippen LogP contribution in [0.3, 0.4) is 0 Å². The molecule has 0 atom stereocenters. The van der Waals surface area contributed by atoms with Gasteiger partial charge in [0.2, 0.25) is 0 Å². The number of hydrogen-bond donors (Lipinski definition) is 0. The lowest BCUT2D eigenvalue weighted by Crippen LogP contribution is -1.95. The summed E-state index contributed by atoms with van der Waals surface area (Å²) < 4.78 is 67.5. The molecule has 8 aromatic carbocycles. The van der Waals surface area contributed by atoms with E-state index < -0.39 is 12.1 Å². The first-order chi connectivity index (χ1) is 27.7. The highest BCUT2D eigenvalue weighted by atomic mass is 15.0. The first kappa shape index (κ1) is 22.1. The van der Waals surface area contributed by atoms with Crippen LogP contribution in [0.4, 0.5) is 0 Å². The van der Waals surface area contributed by atoms with E-state index in [0.29, 0.717) is 11.3 Å². The minimum Gasteiger partial charge on any atom is -0.309 e. The van der Waals surface area contributed by atoms with Crippen molar-refractivity contribution in [1.82, 2.24) is 9.13 Å². The molecule has 0 spiro atoms. The zero-order chi connectivity index (χ0) is 39.1. The van der Waals surface area contributed by atoms with Crippen LogP contribution in [0, 0.1) is 0 Å². The summed E-state index contributed by atoms with van der Waals surface area (Å²) in [5.74, 6) is 0. The van der Waals surface area contributed by atoms with Crippen LogP contribution < -0.4 is 0 Å². The molecule has 10 rings (SSSR count). The van der Waals surface area contributed by atoms with Gasteiger partial charge in [-0.2, -0.15) is 0 Å². The Morgan fingerprint density at radius 3 is 1.80 bits per heavy atom. The summed E-state index contributed by atoms with van der Waals surface area (Å²) in [6.07, 6.45) is 0. The second kappa shape index (κ2) is 11.5. The minimum atomic E-state index is -0.415. The van der Waals surface area contributed by atoms with Crippen molar-refractivity contribution in [3.63, 3.8) is 0 Å². The van der Waals surface area contributed by atoms with Crippen LogP contribution in [0.25, 0.3) is 88.4 Å². The van der Waals surface area contributed by atoms with Crippen LogP contribution >= 0.6 is 0 Å². The van der Waals surface area contributed by atoms with Gasteiger partial charge in [0, 0.05) is 38.5 Å². The highest BCUT2D eigenvalue weighted by Gasteiger charge is 2.18. The Morgan fingerprint density at radius 1 is 0.360 bits per heavy atom. The Morgan fingerprint density at radius 2 is 1.00 bits per heavy atom. The van der Waals surface area contributed by atoms with Gasteiger partial charge in [-0.3, -0.25) is 0 Å². The molecular weight excluding hydrogens is 605 g/mol. The van der Waals surface area contributed by atoms with Crippen molar-refractivity contribution in [2.45, 2.75) is 0 Å². The summed E-state index contributed by atoms with van der Waals surface area (Å²) in [7, 11) is 0. The van der Waals surface area contributed by atoms with Gasteiger partial charge in [-0.25, -0.2) is 0 Å². The molecule has 0 bridgehead atoms. The van der Waals surface area contributed by atoms with Gasteiger partial charge in [0.05, 0.1) is 31.7 Å². The van der Waals surface area contributed by atoms with Crippen molar-refractivity contribution < 1.29 is 9.60 Å². The van der Waals surface area contributed by atoms with Gasteiger partial charge in [-0.1, -0.05) is 133 Å². The molecule has 0 fully saturated rings. The standard InChI is InChI=1S/C48H32N2/c1-4-14-33(15-5-1)34-16-12-17-37(30-34)40-23-13-24-42-44-32-36(27-29-47(44)50(48(40)42)39-20-8-3-9-21-39)35-26-28-46-43(31-35)41-22-10-11-25-45(41)49(46)38-18-6-2-7-19-38/h1-32H/i10D,11D,22D,25D,26D,28D,31D. The zero-order valence-corrected chi connectivity index (χ0v) is 26.8. The van der Waals surface area contributed by atoms with Crippen molar-refractivity contribution in [2.75, 3.05) is 0 Å². The Bertz CT molecular complexity index is 3240. The van der Waals surface area contributed by atoms with Crippen molar-refractivity contribution in [3.8, 4) is 44.8 Å². The third kappa shape index (κ3) is 4.50. The molecule has 234 valence electrons. The van der Waals surface area contributed by atoms with Crippen molar-refractivity contribution in [1.29, 1.82) is 0 Å². The average Bonchev–Trinajstić information content (AvgIpc) is 3.79. The molecule has 0 saturated heterocycles. The fourth-order valence-corrected chi connectivity index (χ4v) is 7.29. The van der Waals surface area contributed by atoms with Crippen LogP contribution in [-0.2, 0) is 0 Å². The van der Waals surface area contributed by atoms with Crippen molar-refractivity contribution >= 4 is 43.6 Å². The number of benzene rings is 8. The van der Waals surface area contributed by atoms with Crippen LogP contribution in [0.15, 0.2) is 194 Å². The third-order valence-corrected chi connectivity index (χ3v) is 9.54. The number of rotatable bonds is 5. The Kier molecular flexibility index (Phi) is 5.08. The molecule has 0 unspecified atom stereocenters. The van der Waals surface area contributed by atoms with Gasteiger partial charge < -0.3 is 9.13 Å². The number of para-hydroxylation sites is 4. The summed E-state index contributed by atoms with van der Waals surface area (Å²) in [4.78, 5) is 0. The van der Waals surface area contributed by atoms with Gasteiger partial charge >= 0.3 is 0 Å². The maximum atomic E-state index is 9.74. The second-order valence-corrected chi connectivity index (χ2v) is 12.4. The monoisotopic (exact) mass is 643 g/mol. The molecule has 10 aromatic rings. The first-order valence-corrected chi connectivity index (χ1v) is 16.6. The predicted octanol–water partition coefficient (Wildman–Crippen LogP) is 12.9. The molecule has 0 saturated carbocycles. The molecule has 0 radical (unpaired) electrons. The van der Waals surface area contributed by atoms with Gasteiger partial charge in [0.1, 0.15) is 0 Å². The summed E-state index contributed by atoms with van der Waals surface area (Å²) in [6, 6.07) is 48.5. The van der Waals surface area contributed by atoms with E-state index in [2.05, 4.69) is 71.3 Å². The van der Waals surface area contributed by atoms with Crippen LogP contribution in [0.2, 0.25) is 0 Å². The largest absolute Gasteiger partial charge is 0.309 e. The van der Waals surface area contributed by atoms with E-state index in [4.69, 9.17) is 5.48 Å². The molecule has 2 heteroatoms. The minimum absolute atomic E-state index is 0.0692. The van der Waals surface area contributed by atoms with E-state index in [1.54, 1.807) is 16.7 Å². The Labute approximate surface area is 300 Å². The number of nitrogens with zero attached hydrogens (tertiary/aromatic N) is 2. The van der Waals surface area contributed by atoms with Crippen molar-refractivity contribution in [2.24, 2.45) is 0 Å². The lowest BCUT2D eigenvalue weighted by atomic mass is 9.97. The van der Waals surface area contributed by atoms with Crippen molar-refractivity contribution in [3.05, 3.63) is 194 Å². The highest BCUT2D eigenvalue weighted by molar-refractivity contribution is 6.15. The summed E-state index contributed by atoms with van der Waals surface area (Å²) in [5.41, 5.74) is 9.02. The Hall–Kier alpha value is -6.64. The maximum Gasteiger partial charge on any atom is 0.0645 e. The fourth-order valence-electron chi connectivity index (χ4n) is 7.29. The second-order valence-electron chi connectivity index (χ2n) is 12.4. The third-order valence-electron chi connectivity index (χ3n) is 9.54. The molecule has 2 heterocycles. The molecule has 2 aromatic heterocycles. The maximum absolute atomic E-state index is 9.74. The molecule has 2 nitrogen and oxygen atoms in total. The van der Waals surface area contributed by atoms with Crippen LogP contribution in [0.5, 0.6) is 0 Å². The summed E-state index contributed by atoms with van der Waals surface area (Å²) in [6.45, 7) is 0. The SMILES string of the molecule is [2H]c1c([2H])c([2H])c2c(c1[2H])c1c([2H])c(-c3ccc4c(c3)c3cccc(-c5cccc(-c6ccccc6)c5)c3n4-c3ccccc3)c([2H])c([2H])c1n2-c1ccccc1. The number of hydrogen-bond acceptors (Lipinski definition) is 0. The van der Waals surface area contributed by atoms with E-state index in [9.17, 15) is 4.11 Å². The Balaban J connectivity index is 1.27. The normalized spacial score (nSPS) is 13.6. The molecular formula is C48H32N2. The van der Waals surface area contributed by atoms with Gasteiger partial charge in [0.25, 0.3) is 0 Å². The molecule has 50 heavy (non-hydrogen) atoms. The van der Waals surface area contributed by atoms with Gasteiger partial charge in [-0.15, -0.1) is 0 Å².